The van der Waals surface area contributed by atoms with E-state index in [1.54, 1.807) is 25.1 Å². The third kappa shape index (κ3) is 5.48. The Bertz CT molecular complexity index is 1100. The van der Waals surface area contributed by atoms with Gasteiger partial charge in [-0.2, -0.15) is 9.41 Å². The number of carbonyl (C=O) groups excluding carboxylic acids is 1. The number of methoxy groups -OCH3 is 4. The molecule has 0 aliphatic heterocycles. The average molecular weight is 466 g/mol. The standard InChI is InChI=1S/C21H27N3O7S/c1-14-11-16(8-10-17(14)28-3)32(26,27)24(2)13-19(25)23-22-12-15-7-9-18(29-4)21(31-6)20(15)30-5/h7-12H,13H2,1-6H3,(H,23,25)/b22-12+. The molecule has 2 aromatic carbocycles. The van der Waals surface area contributed by atoms with Crippen molar-refractivity contribution in [1.29, 1.82) is 0 Å². The van der Waals surface area contributed by atoms with Crippen molar-refractivity contribution in [2.45, 2.75) is 11.8 Å². The maximum atomic E-state index is 12.8. The Morgan fingerprint density at radius 3 is 2.19 bits per heavy atom. The number of hydrazone groups is 1. The molecule has 0 bridgehead atoms. The van der Waals surface area contributed by atoms with Crippen LogP contribution in [-0.4, -0.2) is 66.9 Å². The second kappa shape index (κ2) is 10.8. The van der Waals surface area contributed by atoms with E-state index in [9.17, 15) is 13.2 Å². The summed E-state index contributed by atoms with van der Waals surface area (Å²) in [5.74, 6) is 1.19. The number of hydrogen-bond acceptors (Lipinski definition) is 8. The highest BCUT2D eigenvalue weighted by molar-refractivity contribution is 7.89. The van der Waals surface area contributed by atoms with Gasteiger partial charge in [0, 0.05) is 12.6 Å². The Hall–Kier alpha value is -3.31. The Balaban J connectivity index is 2.09. The van der Waals surface area contributed by atoms with Gasteiger partial charge in [-0.15, -0.1) is 0 Å². The largest absolute Gasteiger partial charge is 0.496 e. The molecule has 0 fully saturated rings. The fourth-order valence-electron chi connectivity index (χ4n) is 2.91. The molecular weight excluding hydrogens is 438 g/mol. The van der Waals surface area contributed by atoms with E-state index in [2.05, 4.69) is 10.5 Å². The van der Waals surface area contributed by atoms with Crippen LogP contribution in [-0.2, 0) is 14.8 Å². The van der Waals surface area contributed by atoms with Gasteiger partial charge in [-0.3, -0.25) is 4.79 Å². The highest BCUT2D eigenvalue weighted by Crippen LogP contribution is 2.38. The average Bonchev–Trinajstić information content (AvgIpc) is 2.78. The molecule has 0 atom stereocenters. The number of sulfonamides is 1. The van der Waals surface area contributed by atoms with E-state index in [1.807, 2.05) is 0 Å². The minimum atomic E-state index is -3.87. The van der Waals surface area contributed by atoms with Gasteiger partial charge in [0.2, 0.25) is 15.8 Å². The zero-order valence-corrected chi connectivity index (χ0v) is 19.6. The minimum Gasteiger partial charge on any atom is -0.496 e. The van der Waals surface area contributed by atoms with Crippen molar-refractivity contribution < 1.29 is 32.2 Å². The first-order valence-electron chi connectivity index (χ1n) is 9.41. The summed E-state index contributed by atoms with van der Waals surface area (Å²) in [5.41, 5.74) is 3.50. The van der Waals surface area contributed by atoms with Crippen LogP contribution in [0.3, 0.4) is 0 Å². The van der Waals surface area contributed by atoms with Gasteiger partial charge in [0.25, 0.3) is 5.91 Å². The van der Waals surface area contributed by atoms with Crippen LogP contribution in [0, 0.1) is 6.92 Å². The summed E-state index contributed by atoms with van der Waals surface area (Å²) in [6.45, 7) is 1.32. The van der Waals surface area contributed by atoms with Crippen molar-refractivity contribution in [2.75, 3.05) is 42.0 Å². The quantitative estimate of drug-likeness (QED) is 0.420. The fourth-order valence-corrected chi connectivity index (χ4v) is 4.13. The summed E-state index contributed by atoms with van der Waals surface area (Å²) in [4.78, 5) is 12.3. The van der Waals surface area contributed by atoms with Crippen LogP contribution in [0.2, 0.25) is 0 Å². The third-order valence-electron chi connectivity index (χ3n) is 4.57. The lowest BCUT2D eigenvalue weighted by Crippen LogP contribution is -2.36. The number of carbonyl (C=O) groups is 1. The zero-order valence-electron chi connectivity index (χ0n) is 18.8. The third-order valence-corrected chi connectivity index (χ3v) is 6.37. The highest BCUT2D eigenvalue weighted by Gasteiger charge is 2.23. The predicted molar refractivity (Wildman–Crippen MR) is 119 cm³/mol. The molecular formula is C21H27N3O7S. The van der Waals surface area contributed by atoms with E-state index in [-0.39, 0.29) is 4.90 Å². The van der Waals surface area contributed by atoms with Gasteiger partial charge in [-0.25, -0.2) is 13.8 Å². The normalized spacial score (nSPS) is 11.5. The van der Waals surface area contributed by atoms with Crippen LogP contribution in [0.15, 0.2) is 40.3 Å². The minimum absolute atomic E-state index is 0.0599. The molecule has 0 aliphatic carbocycles. The monoisotopic (exact) mass is 465 g/mol. The first-order valence-corrected chi connectivity index (χ1v) is 10.8. The number of rotatable bonds is 10. The van der Waals surface area contributed by atoms with Gasteiger partial charge < -0.3 is 18.9 Å². The number of hydrogen-bond donors (Lipinski definition) is 1. The summed E-state index contributed by atoms with van der Waals surface area (Å²) in [6.07, 6.45) is 1.36. The van der Waals surface area contributed by atoms with Gasteiger partial charge in [-0.05, 0) is 42.8 Å². The van der Waals surface area contributed by atoms with Gasteiger partial charge in [0.1, 0.15) is 5.75 Å². The van der Waals surface area contributed by atoms with Gasteiger partial charge in [0.05, 0.1) is 46.1 Å². The van der Waals surface area contributed by atoms with E-state index >= 15 is 0 Å². The van der Waals surface area contributed by atoms with Crippen LogP contribution < -0.4 is 24.4 Å². The Morgan fingerprint density at radius 1 is 1.00 bits per heavy atom. The highest BCUT2D eigenvalue weighted by atomic mass is 32.2. The molecule has 1 N–H and O–H groups in total. The number of aryl methyl sites for hydroxylation is 1. The molecule has 2 aromatic rings. The van der Waals surface area contributed by atoms with Gasteiger partial charge in [0.15, 0.2) is 11.5 Å². The van der Waals surface area contributed by atoms with Crippen molar-refractivity contribution in [3.63, 3.8) is 0 Å². The first kappa shape index (κ1) is 25.0. The van der Waals surface area contributed by atoms with Crippen LogP contribution >= 0.6 is 0 Å². The SMILES string of the molecule is COc1ccc(S(=O)(=O)N(C)CC(=O)N/N=C/c2ccc(OC)c(OC)c2OC)cc1C. The Labute approximate surface area is 187 Å². The molecule has 0 spiro atoms. The molecule has 10 nitrogen and oxygen atoms in total. The molecule has 174 valence electrons. The van der Waals surface area contributed by atoms with Crippen molar-refractivity contribution in [1.82, 2.24) is 9.73 Å². The Kier molecular flexibility index (Phi) is 8.44. The predicted octanol–water partition coefficient (Wildman–Crippen LogP) is 1.80. The first-order chi connectivity index (χ1) is 15.2. The van der Waals surface area contributed by atoms with Crippen molar-refractivity contribution in [3.8, 4) is 23.0 Å². The molecule has 0 aliphatic rings. The molecule has 11 heteroatoms. The van der Waals surface area contributed by atoms with E-state index in [0.717, 1.165) is 4.31 Å². The van der Waals surface area contributed by atoms with Crippen LogP contribution in [0.4, 0.5) is 0 Å². The van der Waals surface area contributed by atoms with Crippen molar-refractivity contribution >= 4 is 22.1 Å². The lowest BCUT2D eigenvalue weighted by atomic mass is 10.2. The van der Waals surface area contributed by atoms with Gasteiger partial charge >= 0.3 is 0 Å². The number of nitrogens with zero attached hydrogens (tertiary/aromatic N) is 2. The summed E-state index contributed by atoms with van der Waals surface area (Å²) in [5, 5.41) is 3.89. The maximum absolute atomic E-state index is 12.8. The smallest absolute Gasteiger partial charge is 0.255 e. The number of benzene rings is 2. The number of nitrogens with one attached hydrogen (secondary N) is 1. The number of amides is 1. The second-order valence-corrected chi connectivity index (χ2v) is 8.65. The summed E-state index contributed by atoms with van der Waals surface area (Å²) in [7, 11) is 3.39. The fraction of sp³-hybridized carbons (Fsp3) is 0.333. The van der Waals surface area contributed by atoms with Crippen molar-refractivity contribution in [3.05, 3.63) is 41.5 Å². The summed E-state index contributed by atoms with van der Waals surface area (Å²) in [6, 6.07) is 7.83. The number of ether oxygens (including phenoxy) is 4. The molecule has 0 saturated carbocycles. The van der Waals surface area contributed by atoms with E-state index < -0.39 is 22.5 Å². The maximum Gasteiger partial charge on any atom is 0.255 e. The van der Waals surface area contributed by atoms with Crippen LogP contribution in [0.25, 0.3) is 0 Å². The van der Waals surface area contributed by atoms with E-state index in [0.29, 0.717) is 34.1 Å². The van der Waals surface area contributed by atoms with Crippen molar-refractivity contribution in [2.24, 2.45) is 5.10 Å². The molecule has 0 aromatic heterocycles. The molecule has 1 amide bonds. The van der Waals surface area contributed by atoms with E-state index in [1.165, 1.54) is 53.8 Å². The number of likely N-dealkylation sites (N-methyl/N-ethyl adjacent to an activating group) is 1. The lowest BCUT2D eigenvalue weighted by molar-refractivity contribution is -0.121. The van der Waals surface area contributed by atoms with Crippen LogP contribution in [0.5, 0.6) is 23.0 Å². The van der Waals surface area contributed by atoms with Gasteiger partial charge in [-0.1, -0.05) is 0 Å². The molecule has 0 radical (unpaired) electrons. The molecule has 0 unspecified atom stereocenters. The summed E-state index contributed by atoms with van der Waals surface area (Å²) >= 11 is 0. The molecule has 32 heavy (non-hydrogen) atoms. The summed E-state index contributed by atoms with van der Waals surface area (Å²) < 4.78 is 47.5. The molecule has 0 heterocycles. The zero-order chi connectivity index (χ0) is 23.9. The molecule has 0 saturated heterocycles. The van der Waals surface area contributed by atoms with E-state index in [4.69, 9.17) is 18.9 Å². The van der Waals surface area contributed by atoms with Crippen LogP contribution in [0.1, 0.15) is 11.1 Å². The topological polar surface area (TPSA) is 116 Å². The lowest BCUT2D eigenvalue weighted by Gasteiger charge is -2.17. The molecule has 2 rings (SSSR count). The Morgan fingerprint density at radius 2 is 1.62 bits per heavy atom. The second-order valence-electron chi connectivity index (χ2n) is 6.61.